The quantitative estimate of drug-likeness (QED) is 0.832. The number of nitrogens with zero attached hydrogens (tertiary/aromatic N) is 1. The van der Waals surface area contributed by atoms with E-state index in [1.165, 1.54) is 12.1 Å². The molecule has 1 amide bonds. The van der Waals surface area contributed by atoms with Gasteiger partial charge in [-0.2, -0.15) is 0 Å². The summed E-state index contributed by atoms with van der Waals surface area (Å²) in [5, 5.41) is 2.06. The van der Waals surface area contributed by atoms with Crippen LogP contribution in [0.1, 0.15) is 28.1 Å². The summed E-state index contributed by atoms with van der Waals surface area (Å²) in [4.78, 5) is 15.1. The lowest BCUT2D eigenvalue weighted by Crippen LogP contribution is -2.28. The van der Waals surface area contributed by atoms with E-state index in [1.54, 1.807) is 29.4 Å². The molecule has 1 N–H and O–H groups in total. The van der Waals surface area contributed by atoms with E-state index in [4.69, 9.17) is 11.6 Å². The Hall–Kier alpha value is -1.41. The normalized spacial score (nSPS) is 14.6. The smallest absolute Gasteiger partial charge is 0.253 e. The van der Waals surface area contributed by atoms with Crippen LogP contribution in [-0.2, 0) is 16.6 Å². The van der Waals surface area contributed by atoms with Crippen molar-refractivity contribution in [3.63, 3.8) is 0 Å². The van der Waals surface area contributed by atoms with E-state index < -0.39 is 10.0 Å². The lowest BCUT2D eigenvalue weighted by Gasteiger charge is -2.17. The number of thiophene rings is 1. The van der Waals surface area contributed by atoms with Crippen molar-refractivity contribution in [3.8, 4) is 0 Å². The molecular formula is C16H17ClN2O3S2. The highest BCUT2D eigenvalue weighted by Gasteiger charge is 2.30. The van der Waals surface area contributed by atoms with E-state index in [0.717, 1.165) is 17.7 Å². The summed E-state index contributed by atoms with van der Waals surface area (Å²) < 4.78 is 27.4. The Kier molecular flexibility index (Phi) is 4.96. The molecule has 1 aliphatic rings. The van der Waals surface area contributed by atoms with Crippen molar-refractivity contribution in [2.24, 2.45) is 0 Å². The maximum absolute atomic E-state index is 12.6. The Morgan fingerprint density at radius 1 is 1.38 bits per heavy atom. The van der Waals surface area contributed by atoms with Gasteiger partial charge in [-0.05, 0) is 42.5 Å². The minimum atomic E-state index is -3.71. The number of hydrogen-bond donors (Lipinski definition) is 1. The number of benzene rings is 1. The Morgan fingerprint density at radius 3 is 2.75 bits per heavy atom. The van der Waals surface area contributed by atoms with Crippen LogP contribution in [0.2, 0.25) is 5.02 Å². The first kappa shape index (κ1) is 17.4. The van der Waals surface area contributed by atoms with Gasteiger partial charge in [0.1, 0.15) is 4.90 Å². The number of rotatable bonds is 6. The van der Waals surface area contributed by atoms with Gasteiger partial charge in [-0.15, -0.1) is 11.3 Å². The Bertz CT molecular complexity index is 846. The lowest BCUT2D eigenvalue weighted by atomic mass is 10.2. The fourth-order valence-corrected chi connectivity index (χ4v) is 4.84. The summed E-state index contributed by atoms with van der Waals surface area (Å²) in [5.41, 5.74) is 0.301. The molecule has 1 heterocycles. The first-order chi connectivity index (χ1) is 11.4. The summed E-state index contributed by atoms with van der Waals surface area (Å²) in [5.74, 6) is -0.247. The second-order valence-electron chi connectivity index (χ2n) is 5.78. The van der Waals surface area contributed by atoms with E-state index in [0.29, 0.717) is 12.1 Å². The maximum atomic E-state index is 12.6. The van der Waals surface area contributed by atoms with Crippen LogP contribution in [0, 0.1) is 0 Å². The van der Waals surface area contributed by atoms with Gasteiger partial charge < -0.3 is 4.90 Å². The van der Waals surface area contributed by atoms with E-state index in [-0.39, 0.29) is 21.9 Å². The monoisotopic (exact) mass is 384 g/mol. The first-order valence-corrected chi connectivity index (χ1v) is 10.2. The van der Waals surface area contributed by atoms with Crippen molar-refractivity contribution in [2.45, 2.75) is 30.3 Å². The molecule has 0 saturated heterocycles. The van der Waals surface area contributed by atoms with E-state index in [1.807, 2.05) is 17.5 Å². The van der Waals surface area contributed by atoms with Crippen molar-refractivity contribution in [1.29, 1.82) is 0 Å². The van der Waals surface area contributed by atoms with Gasteiger partial charge in [-0.25, -0.2) is 13.1 Å². The summed E-state index contributed by atoms with van der Waals surface area (Å²) >= 11 is 7.61. The van der Waals surface area contributed by atoms with Crippen molar-refractivity contribution < 1.29 is 13.2 Å². The highest BCUT2D eigenvalue weighted by Crippen LogP contribution is 2.27. The molecule has 3 rings (SSSR count). The van der Waals surface area contributed by atoms with Crippen LogP contribution in [-0.4, -0.2) is 32.3 Å². The molecule has 2 aromatic rings. The van der Waals surface area contributed by atoms with E-state index in [9.17, 15) is 13.2 Å². The zero-order valence-corrected chi connectivity index (χ0v) is 15.4. The molecule has 0 bridgehead atoms. The molecular weight excluding hydrogens is 368 g/mol. The molecule has 24 heavy (non-hydrogen) atoms. The van der Waals surface area contributed by atoms with Crippen LogP contribution in [0.3, 0.4) is 0 Å². The molecule has 128 valence electrons. The summed E-state index contributed by atoms with van der Waals surface area (Å²) in [6.07, 6.45) is 1.66. The third-order valence-corrected chi connectivity index (χ3v) is 6.55. The molecule has 0 spiro atoms. The molecule has 8 heteroatoms. The molecule has 1 aromatic heterocycles. The van der Waals surface area contributed by atoms with Gasteiger partial charge in [-0.3, -0.25) is 4.79 Å². The number of sulfonamides is 1. The largest absolute Gasteiger partial charge is 0.337 e. The van der Waals surface area contributed by atoms with Crippen molar-refractivity contribution in [1.82, 2.24) is 9.62 Å². The average Bonchev–Trinajstić information content (AvgIpc) is 3.18. The van der Waals surface area contributed by atoms with Crippen LogP contribution in [0.5, 0.6) is 0 Å². The predicted molar refractivity (Wildman–Crippen MR) is 94.9 cm³/mol. The molecule has 1 saturated carbocycles. The second kappa shape index (κ2) is 6.84. The van der Waals surface area contributed by atoms with Gasteiger partial charge in [0.05, 0.1) is 11.6 Å². The minimum absolute atomic E-state index is 0.0214. The van der Waals surface area contributed by atoms with Gasteiger partial charge in [-0.1, -0.05) is 17.7 Å². The van der Waals surface area contributed by atoms with Crippen LogP contribution in [0.25, 0.3) is 0 Å². The molecule has 0 unspecified atom stereocenters. The van der Waals surface area contributed by atoms with Crippen LogP contribution < -0.4 is 4.72 Å². The Balaban J connectivity index is 1.83. The average molecular weight is 385 g/mol. The first-order valence-electron chi connectivity index (χ1n) is 7.46. The molecule has 5 nitrogen and oxygen atoms in total. The third kappa shape index (κ3) is 3.97. The predicted octanol–water partition coefficient (Wildman–Crippen LogP) is 3.11. The van der Waals surface area contributed by atoms with Crippen LogP contribution >= 0.6 is 22.9 Å². The van der Waals surface area contributed by atoms with Crippen LogP contribution in [0.4, 0.5) is 0 Å². The van der Waals surface area contributed by atoms with Crippen molar-refractivity contribution in [3.05, 3.63) is 51.2 Å². The van der Waals surface area contributed by atoms with E-state index in [2.05, 4.69) is 4.72 Å². The fraction of sp³-hybridized carbons (Fsp3) is 0.312. The number of halogens is 1. The van der Waals surface area contributed by atoms with Gasteiger partial charge >= 0.3 is 0 Å². The lowest BCUT2D eigenvalue weighted by molar-refractivity contribution is 0.0786. The standard InChI is InChI=1S/C16H17ClN2O3S2/c1-19(10-13-3-2-8-23-13)16(20)11-4-7-14(17)15(9-11)24(21,22)18-12-5-6-12/h2-4,7-9,12,18H,5-6,10H2,1H3. The van der Waals surface area contributed by atoms with Gasteiger partial charge in [0.15, 0.2) is 0 Å². The third-order valence-electron chi connectivity index (χ3n) is 3.69. The highest BCUT2D eigenvalue weighted by atomic mass is 35.5. The molecule has 0 aliphatic heterocycles. The summed E-state index contributed by atoms with van der Waals surface area (Å²) in [6.45, 7) is 0.474. The Labute approximate surface area is 150 Å². The summed E-state index contributed by atoms with van der Waals surface area (Å²) in [7, 11) is -2.02. The summed E-state index contributed by atoms with van der Waals surface area (Å²) in [6, 6.07) is 8.20. The van der Waals surface area contributed by atoms with Crippen LogP contribution in [0.15, 0.2) is 40.6 Å². The number of carbonyl (C=O) groups is 1. The number of hydrogen-bond acceptors (Lipinski definition) is 4. The zero-order valence-electron chi connectivity index (χ0n) is 13.0. The van der Waals surface area contributed by atoms with Gasteiger partial charge in [0.25, 0.3) is 5.91 Å². The minimum Gasteiger partial charge on any atom is -0.337 e. The van der Waals surface area contributed by atoms with E-state index >= 15 is 0 Å². The highest BCUT2D eigenvalue weighted by molar-refractivity contribution is 7.89. The molecule has 1 aliphatic carbocycles. The topological polar surface area (TPSA) is 66.5 Å². The number of amides is 1. The molecule has 1 fully saturated rings. The molecule has 1 aromatic carbocycles. The fourth-order valence-electron chi connectivity index (χ4n) is 2.25. The second-order valence-corrected chi connectivity index (χ2v) is 8.90. The zero-order chi connectivity index (χ0) is 17.3. The number of carbonyl (C=O) groups excluding carboxylic acids is 1. The van der Waals surface area contributed by atoms with Crippen molar-refractivity contribution in [2.75, 3.05) is 7.05 Å². The maximum Gasteiger partial charge on any atom is 0.253 e. The number of nitrogens with one attached hydrogen (secondary N) is 1. The SMILES string of the molecule is CN(Cc1cccs1)C(=O)c1ccc(Cl)c(S(=O)(=O)NC2CC2)c1. The van der Waals surface area contributed by atoms with Gasteiger partial charge in [0, 0.05) is 23.5 Å². The van der Waals surface area contributed by atoms with Crippen molar-refractivity contribution >= 4 is 38.9 Å². The Morgan fingerprint density at radius 2 is 2.12 bits per heavy atom. The molecule has 0 radical (unpaired) electrons. The van der Waals surface area contributed by atoms with Gasteiger partial charge in [0.2, 0.25) is 10.0 Å². The molecule has 0 atom stereocenters.